The van der Waals surface area contributed by atoms with Crippen molar-refractivity contribution in [1.29, 1.82) is 0 Å². The van der Waals surface area contributed by atoms with Gasteiger partial charge < -0.3 is 20.7 Å². The van der Waals surface area contributed by atoms with Crippen molar-refractivity contribution in [2.75, 3.05) is 25.1 Å². The highest BCUT2D eigenvalue weighted by atomic mass is 16.5. The van der Waals surface area contributed by atoms with Gasteiger partial charge in [0.2, 0.25) is 11.8 Å². The van der Waals surface area contributed by atoms with E-state index in [1.54, 1.807) is 24.0 Å². The minimum absolute atomic E-state index is 0.00334. The zero-order valence-electron chi connectivity index (χ0n) is 28.0. The number of nitrogens with zero attached hydrogens (tertiary/aromatic N) is 2. The van der Waals surface area contributed by atoms with Crippen LogP contribution >= 0.6 is 0 Å². The quantitative estimate of drug-likeness (QED) is 0.311. The van der Waals surface area contributed by atoms with Crippen molar-refractivity contribution in [1.82, 2.24) is 20.4 Å². The molecule has 6 aliphatic carbocycles. The van der Waals surface area contributed by atoms with Crippen molar-refractivity contribution in [3.8, 4) is 0 Å². The van der Waals surface area contributed by atoms with E-state index >= 15 is 0 Å². The first-order valence-corrected chi connectivity index (χ1v) is 18.3. The zero-order chi connectivity index (χ0) is 32.3. The summed E-state index contributed by atoms with van der Waals surface area (Å²) in [7, 11) is 1.76. The van der Waals surface area contributed by atoms with Crippen LogP contribution in [-0.4, -0.2) is 53.3 Å². The molecule has 3 atom stereocenters. The Morgan fingerprint density at radius 2 is 1.77 bits per heavy atom. The fourth-order valence-electron chi connectivity index (χ4n) is 10.7. The summed E-state index contributed by atoms with van der Waals surface area (Å²) in [4.78, 5) is 42.1. The van der Waals surface area contributed by atoms with E-state index in [0.29, 0.717) is 61.2 Å². The minimum Gasteiger partial charge on any atom is -0.380 e. The van der Waals surface area contributed by atoms with Gasteiger partial charge in [-0.15, -0.1) is 0 Å². The summed E-state index contributed by atoms with van der Waals surface area (Å²) in [5.41, 5.74) is 1.35. The standard InChI is InChI=1S/C38H51N5O4/c1-37(10-4-11-37)21-39-36(46)38(12-14-47-22-38)28-5-3-6-29(20-28)41-35(45)33(42-34(44)30-9-13-40-43(30)2)32(25-7-8-25)31-26-16-23-15-24(18-26)19-27(31)17-23/h3,5-6,9,13,20,23-27,31-33H,4,7-8,10-12,14-19,21-22H2,1-2H3,(H,39,46)(H,41,45)(H,42,44). The molecule has 1 aromatic carbocycles. The Balaban J connectivity index is 1.07. The monoisotopic (exact) mass is 641 g/mol. The lowest BCUT2D eigenvalue weighted by Gasteiger charge is -2.57. The van der Waals surface area contributed by atoms with Crippen LogP contribution < -0.4 is 16.0 Å². The van der Waals surface area contributed by atoms with Crippen molar-refractivity contribution in [3.63, 3.8) is 0 Å². The van der Waals surface area contributed by atoms with E-state index in [1.807, 2.05) is 24.3 Å². The molecule has 9 nitrogen and oxygen atoms in total. The average molecular weight is 642 g/mol. The highest BCUT2D eigenvalue weighted by molar-refractivity contribution is 6.01. The minimum atomic E-state index is -0.787. The molecule has 0 radical (unpaired) electrons. The predicted octanol–water partition coefficient (Wildman–Crippen LogP) is 5.22. The fourth-order valence-corrected chi connectivity index (χ4v) is 10.7. The number of anilines is 1. The number of amides is 3. The molecule has 1 saturated heterocycles. The SMILES string of the molecule is Cn1nccc1C(=O)NC(C(=O)Nc1cccc(C2(C(=O)NCC3(C)CCC3)CCOC2)c1)C(C1CC1)C1C2CC3CC(C2)CC1C3. The third-order valence-electron chi connectivity index (χ3n) is 13.3. The second kappa shape index (κ2) is 12.0. The Morgan fingerprint density at radius 1 is 1.02 bits per heavy atom. The number of aryl methyl sites for hydroxylation is 1. The molecule has 0 spiro atoms. The number of benzene rings is 1. The number of hydrogen-bond acceptors (Lipinski definition) is 5. The molecule has 47 heavy (non-hydrogen) atoms. The van der Waals surface area contributed by atoms with E-state index in [1.165, 1.54) is 38.5 Å². The van der Waals surface area contributed by atoms with Crippen LogP contribution in [0.2, 0.25) is 0 Å². The lowest BCUT2D eigenvalue weighted by Crippen LogP contribution is -2.57. The zero-order valence-corrected chi connectivity index (χ0v) is 28.0. The van der Waals surface area contributed by atoms with Crippen LogP contribution in [0.15, 0.2) is 36.5 Å². The van der Waals surface area contributed by atoms with Gasteiger partial charge in [-0.1, -0.05) is 25.5 Å². The fraction of sp³-hybridized carbons (Fsp3) is 0.684. The van der Waals surface area contributed by atoms with Gasteiger partial charge in [-0.25, -0.2) is 0 Å². The van der Waals surface area contributed by atoms with Crippen LogP contribution in [0.3, 0.4) is 0 Å². The summed E-state index contributed by atoms with van der Waals surface area (Å²) in [6, 6.07) is 8.82. The lowest BCUT2D eigenvalue weighted by atomic mass is 9.48. The maximum absolute atomic E-state index is 14.6. The second-order valence-electron chi connectivity index (χ2n) is 16.5. The number of ether oxygens (including phenoxy) is 1. The van der Waals surface area contributed by atoms with Crippen molar-refractivity contribution in [2.45, 2.75) is 89.0 Å². The molecule has 7 aliphatic rings. The van der Waals surface area contributed by atoms with E-state index in [0.717, 1.165) is 43.1 Å². The third-order valence-corrected chi connectivity index (χ3v) is 13.3. The summed E-state index contributed by atoms with van der Waals surface area (Å²) in [5, 5.41) is 14.0. The van der Waals surface area contributed by atoms with Gasteiger partial charge in [-0.05, 0) is 135 Å². The molecule has 3 amide bonds. The Morgan fingerprint density at radius 3 is 2.36 bits per heavy atom. The first-order chi connectivity index (χ1) is 22.7. The normalized spacial score (nSPS) is 33.1. The number of carbonyl (C=O) groups is 3. The highest BCUT2D eigenvalue weighted by Gasteiger charge is 2.56. The molecule has 1 aliphatic heterocycles. The molecule has 1 aromatic heterocycles. The molecule has 4 bridgehead atoms. The number of carbonyl (C=O) groups excluding carboxylic acids is 3. The number of aromatic nitrogens is 2. The molecular weight excluding hydrogens is 590 g/mol. The van der Waals surface area contributed by atoms with Crippen LogP contribution in [0.5, 0.6) is 0 Å². The maximum atomic E-state index is 14.6. The topological polar surface area (TPSA) is 114 Å². The average Bonchev–Trinajstić information content (AvgIpc) is 3.57. The summed E-state index contributed by atoms with van der Waals surface area (Å²) in [6.45, 7) is 3.77. The molecular formula is C38H51N5O4. The predicted molar refractivity (Wildman–Crippen MR) is 178 cm³/mol. The lowest BCUT2D eigenvalue weighted by molar-refractivity contribution is -0.127. The molecule has 252 valence electrons. The van der Waals surface area contributed by atoms with Crippen LogP contribution in [0, 0.1) is 46.8 Å². The van der Waals surface area contributed by atoms with E-state index < -0.39 is 11.5 Å². The third kappa shape index (κ3) is 5.80. The number of hydrogen-bond donors (Lipinski definition) is 3. The van der Waals surface area contributed by atoms with Crippen LogP contribution in [0.4, 0.5) is 5.69 Å². The summed E-state index contributed by atoms with van der Waals surface area (Å²) in [6.07, 6.45) is 14.4. The first-order valence-electron chi connectivity index (χ1n) is 18.3. The molecule has 2 aromatic rings. The molecule has 9 heteroatoms. The van der Waals surface area contributed by atoms with Gasteiger partial charge >= 0.3 is 0 Å². The van der Waals surface area contributed by atoms with Gasteiger partial charge in [-0.2, -0.15) is 5.10 Å². The summed E-state index contributed by atoms with van der Waals surface area (Å²) in [5.74, 6) is 3.58. The number of rotatable bonds is 11. The molecule has 3 unspecified atom stereocenters. The van der Waals surface area contributed by atoms with E-state index in [-0.39, 0.29) is 29.1 Å². The molecule has 9 rings (SSSR count). The highest BCUT2D eigenvalue weighted by Crippen LogP contribution is 2.61. The molecule has 6 saturated carbocycles. The van der Waals surface area contributed by atoms with Crippen molar-refractivity contribution < 1.29 is 19.1 Å². The Hall–Kier alpha value is -3.20. The number of nitrogens with one attached hydrogen (secondary N) is 3. The van der Waals surface area contributed by atoms with E-state index in [9.17, 15) is 14.4 Å². The van der Waals surface area contributed by atoms with E-state index in [4.69, 9.17) is 4.74 Å². The second-order valence-corrected chi connectivity index (χ2v) is 16.5. The first kappa shape index (κ1) is 31.1. The molecule has 7 fully saturated rings. The van der Waals surface area contributed by atoms with Crippen molar-refractivity contribution in [3.05, 3.63) is 47.8 Å². The molecule has 3 N–H and O–H groups in total. The summed E-state index contributed by atoms with van der Waals surface area (Å²) < 4.78 is 7.40. The van der Waals surface area contributed by atoms with Crippen molar-refractivity contribution in [2.24, 2.45) is 53.9 Å². The maximum Gasteiger partial charge on any atom is 0.270 e. The van der Waals surface area contributed by atoms with Crippen LogP contribution in [0.1, 0.15) is 93.6 Å². The van der Waals surface area contributed by atoms with Gasteiger partial charge in [0.05, 0.1) is 12.0 Å². The van der Waals surface area contributed by atoms with Gasteiger partial charge in [0, 0.05) is 32.1 Å². The Bertz CT molecular complexity index is 1490. The summed E-state index contributed by atoms with van der Waals surface area (Å²) >= 11 is 0. The van der Waals surface area contributed by atoms with Gasteiger partial charge in [0.1, 0.15) is 11.7 Å². The van der Waals surface area contributed by atoms with Crippen LogP contribution in [-0.2, 0) is 26.8 Å². The van der Waals surface area contributed by atoms with E-state index in [2.05, 4.69) is 28.0 Å². The smallest absolute Gasteiger partial charge is 0.270 e. The molecule has 2 heterocycles. The van der Waals surface area contributed by atoms with Gasteiger partial charge in [0.25, 0.3) is 5.91 Å². The Kier molecular flexibility index (Phi) is 7.97. The van der Waals surface area contributed by atoms with Gasteiger partial charge in [0.15, 0.2) is 0 Å². The largest absolute Gasteiger partial charge is 0.380 e. The van der Waals surface area contributed by atoms with Crippen molar-refractivity contribution >= 4 is 23.4 Å². The van der Waals surface area contributed by atoms with Gasteiger partial charge in [-0.3, -0.25) is 19.1 Å². The Labute approximate surface area is 278 Å². The van der Waals surface area contributed by atoms with Crippen LogP contribution in [0.25, 0.3) is 0 Å².